The Morgan fingerprint density at radius 3 is 2.50 bits per heavy atom. The van der Waals surface area contributed by atoms with Crippen LogP contribution in [-0.4, -0.2) is 8.42 Å². The van der Waals surface area contributed by atoms with Crippen LogP contribution in [0.5, 0.6) is 0 Å². The van der Waals surface area contributed by atoms with Crippen molar-refractivity contribution >= 4 is 42.8 Å². The van der Waals surface area contributed by atoms with E-state index in [1.807, 2.05) is 23.6 Å². The second-order valence-corrected chi connectivity index (χ2v) is 6.98. The molecule has 102 valence electrons. The van der Waals surface area contributed by atoms with Crippen LogP contribution in [0.15, 0.2) is 58.8 Å². The minimum absolute atomic E-state index is 0.192. The SMILES string of the molecule is Nc1ccc(S(=O)(=O)Nc2ccc3sccc3c2)cc1. The number of rotatable bonds is 3. The zero-order chi connectivity index (χ0) is 14.2. The molecule has 1 heterocycles. The van der Waals surface area contributed by atoms with Gasteiger partial charge in [-0.05, 0) is 59.3 Å². The van der Waals surface area contributed by atoms with Crippen LogP contribution in [0.2, 0.25) is 0 Å². The maximum absolute atomic E-state index is 12.2. The molecule has 3 N–H and O–H groups in total. The lowest BCUT2D eigenvalue weighted by atomic mass is 10.2. The average molecular weight is 304 g/mol. The van der Waals surface area contributed by atoms with Crippen molar-refractivity contribution in [2.75, 3.05) is 10.5 Å². The standard InChI is InChI=1S/C14H12N2O2S2/c15-11-1-4-13(5-2-11)20(17,18)16-12-3-6-14-10(9-12)7-8-19-14/h1-9,16H,15H2. The summed E-state index contributed by atoms with van der Waals surface area (Å²) in [5.74, 6) is 0. The molecule has 0 saturated heterocycles. The number of sulfonamides is 1. The minimum atomic E-state index is -3.58. The Kier molecular flexibility index (Phi) is 3.11. The fourth-order valence-corrected chi connectivity index (χ4v) is 3.71. The largest absolute Gasteiger partial charge is 0.399 e. The van der Waals surface area contributed by atoms with E-state index in [4.69, 9.17) is 5.73 Å². The number of nitrogens with one attached hydrogen (secondary N) is 1. The lowest BCUT2D eigenvalue weighted by Gasteiger charge is -2.08. The van der Waals surface area contributed by atoms with Gasteiger partial charge in [0.15, 0.2) is 0 Å². The van der Waals surface area contributed by atoms with Gasteiger partial charge >= 0.3 is 0 Å². The molecule has 0 spiro atoms. The van der Waals surface area contributed by atoms with Crippen LogP contribution in [0, 0.1) is 0 Å². The van der Waals surface area contributed by atoms with Gasteiger partial charge in [0, 0.05) is 16.1 Å². The predicted octanol–water partition coefficient (Wildman–Crippen LogP) is 3.28. The first-order valence-corrected chi connectivity index (χ1v) is 8.26. The van der Waals surface area contributed by atoms with E-state index in [0.29, 0.717) is 11.4 Å². The number of nitrogen functional groups attached to an aromatic ring is 1. The van der Waals surface area contributed by atoms with Gasteiger partial charge in [0.1, 0.15) is 0 Å². The highest BCUT2D eigenvalue weighted by Crippen LogP contribution is 2.25. The predicted molar refractivity (Wildman–Crippen MR) is 83.5 cm³/mol. The van der Waals surface area contributed by atoms with Crippen LogP contribution in [0.25, 0.3) is 10.1 Å². The van der Waals surface area contributed by atoms with Crippen LogP contribution in [0.1, 0.15) is 0 Å². The molecule has 2 aromatic carbocycles. The van der Waals surface area contributed by atoms with Crippen LogP contribution in [-0.2, 0) is 10.0 Å². The zero-order valence-corrected chi connectivity index (χ0v) is 12.0. The van der Waals surface area contributed by atoms with Crippen LogP contribution < -0.4 is 10.5 Å². The molecule has 0 atom stereocenters. The highest BCUT2D eigenvalue weighted by molar-refractivity contribution is 7.92. The van der Waals surface area contributed by atoms with E-state index in [9.17, 15) is 8.42 Å². The Hall–Kier alpha value is -2.05. The van der Waals surface area contributed by atoms with Gasteiger partial charge in [0.2, 0.25) is 0 Å². The van der Waals surface area contributed by atoms with Crippen molar-refractivity contribution in [1.29, 1.82) is 0 Å². The third-order valence-corrected chi connectivity index (χ3v) is 5.19. The van der Waals surface area contributed by atoms with Gasteiger partial charge in [0.05, 0.1) is 4.90 Å². The smallest absolute Gasteiger partial charge is 0.261 e. The van der Waals surface area contributed by atoms with Crippen LogP contribution >= 0.6 is 11.3 Å². The lowest BCUT2D eigenvalue weighted by molar-refractivity contribution is 0.601. The molecule has 3 aromatic rings. The van der Waals surface area contributed by atoms with E-state index in [2.05, 4.69) is 4.72 Å². The summed E-state index contributed by atoms with van der Waals surface area (Å²) in [5, 5.41) is 3.00. The molecule has 0 bridgehead atoms. The zero-order valence-electron chi connectivity index (χ0n) is 10.4. The third-order valence-electron chi connectivity index (χ3n) is 2.90. The summed E-state index contributed by atoms with van der Waals surface area (Å²) < 4.78 is 28.2. The first kappa shape index (κ1) is 13.0. The molecule has 0 radical (unpaired) electrons. The molecule has 0 fully saturated rings. The fraction of sp³-hybridized carbons (Fsp3) is 0. The van der Waals surface area contributed by atoms with Crippen LogP contribution in [0.3, 0.4) is 0 Å². The number of fused-ring (bicyclic) bond motifs is 1. The molecule has 0 aliphatic rings. The summed E-state index contributed by atoms with van der Waals surface area (Å²) in [7, 11) is -3.58. The molecule has 0 aliphatic carbocycles. The topological polar surface area (TPSA) is 72.2 Å². The van der Waals surface area contributed by atoms with Crippen molar-refractivity contribution in [3.05, 3.63) is 53.9 Å². The monoisotopic (exact) mass is 304 g/mol. The molecule has 0 amide bonds. The maximum Gasteiger partial charge on any atom is 0.261 e. The van der Waals surface area contributed by atoms with Crippen molar-refractivity contribution in [1.82, 2.24) is 0 Å². The third kappa shape index (κ3) is 2.48. The van der Waals surface area contributed by atoms with Crippen molar-refractivity contribution in [2.45, 2.75) is 4.90 Å². The molecule has 0 aliphatic heterocycles. The minimum Gasteiger partial charge on any atom is -0.399 e. The van der Waals surface area contributed by atoms with Gasteiger partial charge in [-0.25, -0.2) is 8.42 Å². The molecule has 3 rings (SSSR count). The normalized spacial score (nSPS) is 11.6. The molecular weight excluding hydrogens is 292 g/mol. The molecule has 0 saturated carbocycles. The van der Waals surface area contributed by atoms with Gasteiger partial charge in [0.25, 0.3) is 10.0 Å². The quantitative estimate of drug-likeness (QED) is 0.729. The first-order chi connectivity index (χ1) is 9.54. The highest BCUT2D eigenvalue weighted by Gasteiger charge is 2.14. The Morgan fingerprint density at radius 2 is 1.75 bits per heavy atom. The summed E-state index contributed by atoms with van der Waals surface area (Å²) in [5.41, 5.74) is 6.64. The van der Waals surface area contributed by atoms with Gasteiger partial charge in [-0.15, -0.1) is 11.3 Å². The summed E-state index contributed by atoms with van der Waals surface area (Å²) in [6, 6.07) is 13.5. The Labute approximate surface area is 120 Å². The summed E-state index contributed by atoms with van der Waals surface area (Å²) in [6.45, 7) is 0. The second-order valence-electron chi connectivity index (χ2n) is 4.35. The number of nitrogens with two attached hydrogens (primary N) is 1. The van der Waals surface area contributed by atoms with Crippen LogP contribution in [0.4, 0.5) is 11.4 Å². The molecule has 4 nitrogen and oxygen atoms in total. The number of hydrogen-bond donors (Lipinski definition) is 2. The lowest BCUT2D eigenvalue weighted by Crippen LogP contribution is -2.12. The van der Waals surface area contributed by atoms with Crippen molar-refractivity contribution in [2.24, 2.45) is 0 Å². The first-order valence-electron chi connectivity index (χ1n) is 5.90. The molecular formula is C14H12N2O2S2. The summed E-state index contributed by atoms with van der Waals surface area (Å²) in [4.78, 5) is 0.192. The van der Waals surface area contributed by atoms with E-state index in [-0.39, 0.29) is 4.90 Å². The Balaban J connectivity index is 1.94. The van der Waals surface area contributed by atoms with E-state index in [1.165, 1.54) is 12.1 Å². The molecule has 1 aromatic heterocycles. The number of hydrogen-bond acceptors (Lipinski definition) is 4. The van der Waals surface area contributed by atoms with Crippen molar-refractivity contribution < 1.29 is 8.42 Å². The van der Waals surface area contributed by atoms with E-state index in [0.717, 1.165) is 10.1 Å². The fourth-order valence-electron chi connectivity index (χ4n) is 1.89. The van der Waals surface area contributed by atoms with Gasteiger partial charge in [-0.3, -0.25) is 4.72 Å². The number of benzene rings is 2. The summed E-state index contributed by atoms with van der Waals surface area (Å²) in [6.07, 6.45) is 0. The Morgan fingerprint density at radius 1 is 1.00 bits per heavy atom. The summed E-state index contributed by atoms with van der Waals surface area (Å²) >= 11 is 1.62. The Bertz CT molecular complexity index is 852. The van der Waals surface area contributed by atoms with Crippen molar-refractivity contribution in [3.8, 4) is 0 Å². The van der Waals surface area contributed by atoms with E-state index < -0.39 is 10.0 Å². The molecule has 0 unspecified atom stereocenters. The van der Waals surface area contributed by atoms with E-state index in [1.54, 1.807) is 29.5 Å². The highest BCUT2D eigenvalue weighted by atomic mass is 32.2. The number of anilines is 2. The second kappa shape index (κ2) is 4.81. The van der Waals surface area contributed by atoms with Crippen molar-refractivity contribution in [3.63, 3.8) is 0 Å². The van der Waals surface area contributed by atoms with Gasteiger partial charge in [-0.2, -0.15) is 0 Å². The van der Waals surface area contributed by atoms with Gasteiger partial charge < -0.3 is 5.73 Å². The number of thiophene rings is 1. The average Bonchev–Trinajstić information content (AvgIpc) is 2.86. The van der Waals surface area contributed by atoms with Gasteiger partial charge in [-0.1, -0.05) is 0 Å². The van der Waals surface area contributed by atoms with E-state index >= 15 is 0 Å². The molecule has 6 heteroatoms. The molecule has 20 heavy (non-hydrogen) atoms. The maximum atomic E-state index is 12.2.